The van der Waals surface area contributed by atoms with Crippen LogP contribution in [0.15, 0.2) is 48.7 Å². The Morgan fingerprint density at radius 3 is 2.36 bits per heavy atom. The van der Waals surface area contributed by atoms with Crippen LogP contribution < -0.4 is 5.32 Å². The highest BCUT2D eigenvalue weighted by Crippen LogP contribution is 2.43. The number of carboxylic acids is 1. The van der Waals surface area contributed by atoms with Crippen LogP contribution in [0, 0.1) is 0 Å². The van der Waals surface area contributed by atoms with E-state index in [0.717, 1.165) is 38.3 Å². The molecule has 2 fully saturated rings. The third kappa shape index (κ3) is 4.63. The maximum absolute atomic E-state index is 10.9. The third-order valence-electron chi connectivity index (χ3n) is 5.01. The second-order valence-corrected chi connectivity index (χ2v) is 6.81. The number of hydrogen-bond acceptors (Lipinski definition) is 3. The fourth-order valence-corrected chi connectivity index (χ4v) is 3.34. The Kier molecular flexibility index (Phi) is 5.76. The zero-order chi connectivity index (χ0) is 17.5. The normalized spacial score (nSPS) is 18.7. The zero-order valence-corrected chi connectivity index (χ0v) is 14.6. The molecule has 134 valence electrons. The minimum Gasteiger partial charge on any atom is -0.480 e. The van der Waals surface area contributed by atoms with Gasteiger partial charge in [0, 0.05) is 12.7 Å². The van der Waals surface area contributed by atoms with Gasteiger partial charge in [0.1, 0.15) is 11.4 Å². The summed E-state index contributed by atoms with van der Waals surface area (Å²) in [5.41, 5.74) is 0.859. The summed E-state index contributed by atoms with van der Waals surface area (Å²) in [6.07, 6.45) is 7.26. The van der Waals surface area contributed by atoms with E-state index >= 15 is 0 Å². The number of benzene rings is 1. The van der Waals surface area contributed by atoms with E-state index in [9.17, 15) is 4.79 Å². The van der Waals surface area contributed by atoms with Crippen molar-refractivity contribution in [2.45, 2.75) is 44.2 Å². The number of carbonyl (C=O) groups is 1. The molecule has 0 atom stereocenters. The molecule has 2 heterocycles. The molecule has 25 heavy (non-hydrogen) atoms. The lowest BCUT2D eigenvalue weighted by Crippen LogP contribution is -2.46. The molecule has 0 unspecified atom stereocenters. The number of nitrogens with one attached hydrogen (secondary N) is 2. The Balaban J connectivity index is 0.000000146. The third-order valence-corrected chi connectivity index (χ3v) is 5.01. The van der Waals surface area contributed by atoms with Crippen LogP contribution in [0.1, 0.15) is 37.7 Å². The van der Waals surface area contributed by atoms with Crippen molar-refractivity contribution in [3.8, 4) is 0 Å². The van der Waals surface area contributed by atoms with Crippen LogP contribution in [0.25, 0.3) is 0 Å². The summed E-state index contributed by atoms with van der Waals surface area (Å²) < 4.78 is 0. The van der Waals surface area contributed by atoms with Crippen LogP contribution in [0.4, 0.5) is 5.82 Å². The topological polar surface area (TPSA) is 68.4 Å². The average Bonchev–Trinajstić information content (AvgIpc) is 3.32. The Bertz CT molecular complexity index is 645. The van der Waals surface area contributed by atoms with Crippen molar-refractivity contribution in [3.63, 3.8) is 0 Å². The predicted molar refractivity (Wildman–Crippen MR) is 99.6 cm³/mol. The maximum Gasteiger partial charge on any atom is 0.324 e. The van der Waals surface area contributed by atoms with Gasteiger partial charge in [-0.05, 0) is 56.5 Å². The molecule has 5 nitrogen and oxygen atoms in total. The standard InChI is InChI=1S/C11H12N2.C9H15NO2/c1-2-5-10(6-3-1)9-13-11-7-4-8-12-11;11-8(12)9(4-5-9)10-6-2-1-3-7-10/h1-8,12-13H,9H2;1-7H2,(H,11,12). The number of likely N-dealkylation sites (tertiary alicyclic amines) is 1. The highest BCUT2D eigenvalue weighted by molar-refractivity contribution is 5.82. The zero-order valence-electron chi connectivity index (χ0n) is 14.6. The number of hydrogen-bond donors (Lipinski definition) is 3. The minimum absolute atomic E-state index is 0.430. The van der Waals surface area contributed by atoms with Crippen LogP contribution in [0.2, 0.25) is 0 Å². The van der Waals surface area contributed by atoms with E-state index in [0.29, 0.717) is 0 Å². The lowest BCUT2D eigenvalue weighted by molar-refractivity contribution is -0.145. The molecule has 1 aromatic carbocycles. The molecule has 0 spiro atoms. The van der Waals surface area contributed by atoms with Gasteiger partial charge in [-0.2, -0.15) is 0 Å². The SMILES string of the molecule is O=C(O)C1(N2CCCCC2)CC1.c1ccc(CNc2ccc[nH]2)cc1. The lowest BCUT2D eigenvalue weighted by atomic mass is 10.1. The molecule has 4 rings (SSSR count). The summed E-state index contributed by atoms with van der Waals surface area (Å²) in [6.45, 7) is 2.85. The van der Waals surface area contributed by atoms with Gasteiger partial charge < -0.3 is 15.4 Å². The van der Waals surface area contributed by atoms with Crippen LogP contribution in [0.3, 0.4) is 0 Å². The molecule has 5 heteroatoms. The summed E-state index contributed by atoms with van der Waals surface area (Å²) in [4.78, 5) is 16.2. The number of aromatic amines is 1. The summed E-state index contributed by atoms with van der Waals surface area (Å²) in [5.74, 6) is 0.452. The fraction of sp³-hybridized carbons (Fsp3) is 0.450. The van der Waals surface area contributed by atoms with Gasteiger partial charge in [0.25, 0.3) is 0 Å². The van der Waals surface area contributed by atoms with Gasteiger partial charge in [-0.3, -0.25) is 9.69 Å². The van der Waals surface area contributed by atoms with Gasteiger partial charge in [-0.15, -0.1) is 0 Å². The van der Waals surface area contributed by atoms with E-state index in [4.69, 9.17) is 5.11 Å². The van der Waals surface area contributed by atoms with Crippen molar-refractivity contribution in [1.82, 2.24) is 9.88 Å². The van der Waals surface area contributed by atoms with E-state index in [1.165, 1.54) is 24.8 Å². The van der Waals surface area contributed by atoms with Gasteiger partial charge in [0.05, 0.1) is 0 Å². The van der Waals surface area contributed by atoms with Crippen LogP contribution in [-0.2, 0) is 11.3 Å². The number of nitrogens with zero attached hydrogens (tertiary/aromatic N) is 1. The first-order chi connectivity index (χ1) is 12.2. The Labute approximate surface area is 149 Å². The highest BCUT2D eigenvalue weighted by Gasteiger charge is 2.54. The summed E-state index contributed by atoms with van der Waals surface area (Å²) in [5, 5.41) is 12.3. The summed E-state index contributed by atoms with van der Waals surface area (Å²) in [7, 11) is 0. The van der Waals surface area contributed by atoms with Crippen molar-refractivity contribution in [3.05, 3.63) is 54.2 Å². The van der Waals surface area contributed by atoms with Gasteiger partial charge >= 0.3 is 5.97 Å². The first kappa shape index (κ1) is 17.5. The van der Waals surface area contributed by atoms with Crippen molar-refractivity contribution < 1.29 is 9.90 Å². The number of aromatic nitrogens is 1. The lowest BCUT2D eigenvalue weighted by Gasteiger charge is -2.31. The summed E-state index contributed by atoms with van der Waals surface area (Å²) >= 11 is 0. The van der Waals surface area contributed by atoms with Gasteiger partial charge in [0.2, 0.25) is 0 Å². The molecule has 1 aliphatic carbocycles. The van der Waals surface area contributed by atoms with Crippen molar-refractivity contribution in [2.24, 2.45) is 0 Å². The number of anilines is 1. The Morgan fingerprint density at radius 1 is 1.08 bits per heavy atom. The number of H-pyrrole nitrogens is 1. The van der Waals surface area contributed by atoms with E-state index in [-0.39, 0.29) is 0 Å². The van der Waals surface area contributed by atoms with Crippen LogP contribution >= 0.6 is 0 Å². The smallest absolute Gasteiger partial charge is 0.324 e. The number of aliphatic carboxylic acids is 1. The molecule has 0 radical (unpaired) electrons. The van der Waals surface area contributed by atoms with Crippen molar-refractivity contribution >= 4 is 11.8 Å². The second-order valence-electron chi connectivity index (χ2n) is 6.81. The largest absolute Gasteiger partial charge is 0.480 e. The molecule has 2 aromatic rings. The van der Waals surface area contributed by atoms with Crippen molar-refractivity contribution in [2.75, 3.05) is 18.4 Å². The predicted octanol–water partition coefficient (Wildman–Crippen LogP) is 3.72. The van der Waals surface area contributed by atoms with E-state index in [2.05, 4.69) is 27.3 Å². The molecule has 0 bridgehead atoms. The molecule has 0 amide bonds. The first-order valence-corrected chi connectivity index (χ1v) is 9.10. The molecular weight excluding hydrogens is 314 g/mol. The van der Waals surface area contributed by atoms with E-state index < -0.39 is 11.5 Å². The fourth-order valence-electron chi connectivity index (χ4n) is 3.34. The average molecular weight is 341 g/mol. The molecule has 3 N–H and O–H groups in total. The quantitative estimate of drug-likeness (QED) is 0.775. The number of carboxylic acid groups (broad SMARTS) is 1. The first-order valence-electron chi connectivity index (χ1n) is 9.10. The van der Waals surface area contributed by atoms with Crippen molar-refractivity contribution in [1.29, 1.82) is 0 Å². The molecule has 1 aliphatic heterocycles. The Hall–Kier alpha value is -2.27. The van der Waals surface area contributed by atoms with Gasteiger partial charge in [-0.1, -0.05) is 36.8 Å². The summed E-state index contributed by atoms with van der Waals surface area (Å²) in [6, 6.07) is 14.3. The molecular formula is C20H27N3O2. The molecule has 2 aliphatic rings. The van der Waals surface area contributed by atoms with Crippen LogP contribution in [-0.4, -0.2) is 39.6 Å². The number of piperidine rings is 1. The van der Waals surface area contributed by atoms with E-state index in [1.54, 1.807) is 0 Å². The molecule has 1 aromatic heterocycles. The maximum atomic E-state index is 10.9. The van der Waals surface area contributed by atoms with E-state index in [1.807, 2.05) is 36.5 Å². The number of rotatable bonds is 5. The minimum atomic E-state index is -0.607. The van der Waals surface area contributed by atoms with Gasteiger partial charge in [0.15, 0.2) is 0 Å². The molecule has 1 saturated heterocycles. The second kappa shape index (κ2) is 8.21. The molecule has 1 saturated carbocycles. The van der Waals surface area contributed by atoms with Gasteiger partial charge in [-0.25, -0.2) is 0 Å². The highest BCUT2D eigenvalue weighted by atomic mass is 16.4. The Morgan fingerprint density at radius 2 is 1.80 bits per heavy atom. The monoisotopic (exact) mass is 341 g/mol. The van der Waals surface area contributed by atoms with Crippen LogP contribution in [0.5, 0.6) is 0 Å².